The SMILES string of the molecule is COc1ccccc1OCCC(=O)Nc1cccc(S(=O)(=O)Nc2ccccc2F)c1. The van der Waals surface area contributed by atoms with Gasteiger partial charge in [-0.15, -0.1) is 0 Å². The van der Waals surface area contributed by atoms with Gasteiger partial charge >= 0.3 is 0 Å². The molecule has 0 aliphatic carbocycles. The summed E-state index contributed by atoms with van der Waals surface area (Å²) in [7, 11) is -2.51. The molecule has 1 amide bonds. The maximum Gasteiger partial charge on any atom is 0.262 e. The first kappa shape index (κ1) is 22.1. The summed E-state index contributed by atoms with van der Waals surface area (Å²) in [5.74, 6) is 0.0327. The lowest BCUT2D eigenvalue weighted by Crippen LogP contribution is -2.17. The number of anilines is 2. The van der Waals surface area contributed by atoms with Crippen LogP contribution < -0.4 is 19.5 Å². The van der Waals surface area contributed by atoms with Crippen molar-refractivity contribution in [2.45, 2.75) is 11.3 Å². The Bertz CT molecular complexity index is 1170. The molecule has 0 fully saturated rings. The fourth-order valence-electron chi connectivity index (χ4n) is 2.70. The standard InChI is InChI=1S/C22H21FN2O5S/c1-29-20-11-4-5-12-21(20)30-14-13-22(26)24-16-7-6-8-17(15-16)31(27,28)25-19-10-3-2-9-18(19)23/h2-12,15,25H,13-14H2,1H3,(H,24,26). The second-order valence-corrected chi connectivity index (χ2v) is 8.09. The van der Waals surface area contributed by atoms with Gasteiger partial charge < -0.3 is 14.8 Å². The van der Waals surface area contributed by atoms with Gasteiger partial charge in [0.2, 0.25) is 5.91 Å². The van der Waals surface area contributed by atoms with E-state index in [9.17, 15) is 17.6 Å². The summed E-state index contributed by atoms with van der Waals surface area (Å²) in [5, 5.41) is 2.63. The van der Waals surface area contributed by atoms with E-state index in [2.05, 4.69) is 10.0 Å². The van der Waals surface area contributed by atoms with Gasteiger partial charge in [-0.25, -0.2) is 12.8 Å². The number of halogens is 1. The molecule has 0 aromatic heterocycles. The predicted octanol–water partition coefficient (Wildman–Crippen LogP) is 4.04. The van der Waals surface area contributed by atoms with E-state index in [1.54, 1.807) is 30.3 Å². The Labute approximate surface area is 179 Å². The number of para-hydroxylation sites is 3. The lowest BCUT2D eigenvalue weighted by atomic mass is 10.3. The minimum atomic E-state index is -4.03. The minimum absolute atomic E-state index is 0.0441. The van der Waals surface area contributed by atoms with Crippen molar-refractivity contribution in [2.24, 2.45) is 0 Å². The Balaban J connectivity index is 1.61. The van der Waals surface area contributed by atoms with Crippen LogP contribution in [0.5, 0.6) is 11.5 Å². The summed E-state index contributed by atoms with van der Waals surface area (Å²) in [6, 6.07) is 18.2. The normalized spacial score (nSPS) is 10.9. The molecule has 2 N–H and O–H groups in total. The first-order chi connectivity index (χ1) is 14.9. The average Bonchev–Trinajstić information content (AvgIpc) is 2.76. The monoisotopic (exact) mass is 444 g/mol. The van der Waals surface area contributed by atoms with Gasteiger partial charge in [0.15, 0.2) is 11.5 Å². The fourth-order valence-corrected chi connectivity index (χ4v) is 3.82. The van der Waals surface area contributed by atoms with Gasteiger partial charge in [-0.2, -0.15) is 0 Å². The van der Waals surface area contributed by atoms with Gasteiger partial charge in [0.1, 0.15) is 5.82 Å². The largest absolute Gasteiger partial charge is 0.493 e. The number of carbonyl (C=O) groups excluding carboxylic acids is 1. The maximum atomic E-state index is 13.8. The highest BCUT2D eigenvalue weighted by atomic mass is 32.2. The van der Waals surface area contributed by atoms with Crippen molar-refractivity contribution in [1.82, 2.24) is 0 Å². The molecular formula is C22H21FN2O5S. The molecule has 7 nitrogen and oxygen atoms in total. The minimum Gasteiger partial charge on any atom is -0.493 e. The van der Waals surface area contributed by atoms with Crippen LogP contribution in [0.4, 0.5) is 15.8 Å². The molecule has 31 heavy (non-hydrogen) atoms. The van der Waals surface area contributed by atoms with Crippen LogP contribution in [-0.4, -0.2) is 28.0 Å². The van der Waals surface area contributed by atoms with E-state index in [0.29, 0.717) is 17.2 Å². The molecule has 162 valence electrons. The number of ether oxygens (including phenoxy) is 2. The summed E-state index contributed by atoms with van der Waals surface area (Å²) >= 11 is 0. The Hall–Kier alpha value is -3.59. The summed E-state index contributed by atoms with van der Waals surface area (Å²) in [4.78, 5) is 12.1. The summed E-state index contributed by atoms with van der Waals surface area (Å²) in [5.41, 5.74) is 0.129. The highest BCUT2D eigenvalue weighted by molar-refractivity contribution is 7.92. The molecule has 0 radical (unpaired) electrons. The highest BCUT2D eigenvalue weighted by Gasteiger charge is 2.17. The van der Waals surface area contributed by atoms with Crippen molar-refractivity contribution in [3.8, 4) is 11.5 Å². The second-order valence-electron chi connectivity index (χ2n) is 6.41. The first-order valence-corrected chi connectivity index (χ1v) is 10.8. The molecule has 0 saturated heterocycles. The number of hydrogen-bond donors (Lipinski definition) is 2. The van der Waals surface area contributed by atoms with Crippen LogP contribution in [0.1, 0.15) is 6.42 Å². The van der Waals surface area contributed by atoms with Crippen molar-refractivity contribution in [2.75, 3.05) is 23.8 Å². The molecule has 0 bridgehead atoms. The molecule has 0 saturated carbocycles. The van der Waals surface area contributed by atoms with Crippen LogP contribution in [0.3, 0.4) is 0 Å². The molecule has 0 heterocycles. The number of carbonyl (C=O) groups is 1. The Morgan fingerprint density at radius 1 is 0.968 bits per heavy atom. The van der Waals surface area contributed by atoms with Crippen molar-refractivity contribution < 1.29 is 27.1 Å². The molecule has 0 aliphatic rings. The number of amides is 1. The van der Waals surface area contributed by atoms with Crippen LogP contribution in [-0.2, 0) is 14.8 Å². The summed E-state index contributed by atoms with van der Waals surface area (Å²) in [6.45, 7) is 0.110. The van der Waals surface area contributed by atoms with E-state index in [1.807, 2.05) is 0 Å². The molecule has 0 spiro atoms. The third-order valence-electron chi connectivity index (χ3n) is 4.20. The molecular weight excluding hydrogens is 423 g/mol. The van der Waals surface area contributed by atoms with Gasteiger partial charge in [-0.1, -0.05) is 30.3 Å². The van der Waals surface area contributed by atoms with Crippen molar-refractivity contribution in [3.63, 3.8) is 0 Å². The Morgan fingerprint density at radius 3 is 2.42 bits per heavy atom. The number of nitrogens with one attached hydrogen (secondary N) is 2. The van der Waals surface area contributed by atoms with E-state index in [1.165, 1.54) is 43.5 Å². The Morgan fingerprint density at radius 2 is 1.68 bits per heavy atom. The molecule has 0 atom stereocenters. The highest BCUT2D eigenvalue weighted by Crippen LogP contribution is 2.26. The van der Waals surface area contributed by atoms with Crippen molar-refractivity contribution in [3.05, 3.63) is 78.6 Å². The third-order valence-corrected chi connectivity index (χ3v) is 5.57. The molecule has 3 aromatic rings. The van der Waals surface area contributed by atoms with E-state index in [4.69, 9.17) is 9.47 Å². The van der Waals surface area contributed by atoms with Crippen LogP contribution in [0.2, 0.25) is 0 Å². The maximum absolute atomic E-state index is 13.8. The smallest absolute Gasteiger partial charge is 0.262 e. The lowest BCUT2D eigenvalue weighted by molar-refractivity contribution is -0.116. The zero-order valence-electron chi connectivity index (χ0n) is 16.7. The van der Waals surface area contributed by atoms with Crippen LogP contribution in [0.25, 0.3) is 0 Å². The molecule has 9 heteroatoms. The van der Waals surface area contributed by atoms with Gasteiger partial charge in [0.05, 0.1) is 30.7 Å². The van der Waals surface area contributed by atoms with E-state index >= 15 is 0 Å². The van der Waals surface area contributed by atoms with Crippen LogP contribution in [0.15, 0.2) is 77.7 Å². The molecule has 3 aromatic carbocycles. The fraction of sp³-hybridized carbons (Fsp3) is 0.136. The third kappa shape index (κ3) is 5.95. The van der Waals surface area contributed by atoms with Crippen molar-refractivity contribution in [1.29, 1.82) is 0 Å². The summed E-state index contributed by atoms with van der Waals surface area (Å²) in [6.07, 6.45) is 0.0441. The van der Waals surface area contributed by atoms with Gasteiger partial charge in [0.25, 0.3) is 10.0 Å². The molecule has 3 rings (SSSR count). The van der Waals surface area contributed by atoms with Gasteiger partial charge in [0, 0.05) is 5.69 Å². The van der Waals surface area contributed by atoms with E-state index in [-0.39, 0.29) is 29.5 Å². The topological polar surface area (TPSA) is 93.7 Å². The zero-order valence-corrected chi connectivity index (χ0v) is 17.5. The van der Waals surface area contributed by atoms with Crippen LogP contribution >= 0.6 is 0 Å². The number of methoxy groups -OCH3 is 1. The van der Waals surface area contributed by atoms with E-state index in [0.717, 1.165) is 6.07 Å². The predicted molar refractivity (Wildman–Crippen MR) is 115 cm³/mol. The number of rotatable bonds is 9. The zero-order chi connectivity index (χ0) is 22.3. The number of hydrogen-bond acceptors (Lipinski definition) is 5. The first-order valence-electron chi connectivity index (χ1n) is 9.32. The second kappa shape index (κ2) is 9.94. The van der Waals surface area contributed by atoms with Gasteiger partial charge in [-0.3, -0.25) is 9.52 Å². The van der Waals surface area contributed by atoms with Crippen LogP contribution in [0, 0.1) is 5.82 Å². The molecule has 0 aliphatic heterocycles. The van der Waals surface area contributed by atoms with Crippen molar-refractivity contribution >= 4 is 27.3 Å². The average molecular weight is 444 g/mol. The summed E-state index contributed by atoms with van der Waals surface area (Å²) < 4.78 is 51.8. The number of sulfonamides is 1. The number of benzene rings is 3. The quantitative estimate of drug-likeness (QED) is 0.520. The Kier molecular flexibility index (Phi) is 7.09. The van der Waals surface area contributed by atoms with E-state index < -0.39 is 15.8 Å². The molecule has 0 unspecified atom stereocenters. The van der Waals surface area contributed by atoms with Gasteiger partial charge in [-0.05, 0) is 42.5 Å². The lowest BCUT2D eigenvalue weighted by Gasteiger charge is -2.12.